The number of nitro benzene ring substituents is 1. The second-order valence-electron chi connectivity index (χ2n) is 6.06. The molecule has 0 unspecified atom stereocenters. The monoisotopic (exact) mass is 324 g/mol. The molecule has 0 radical (unpaired) electrons. The van der Waals surface area contributed by atoms with Crippen molar-refractivity contribution in [2.75, 3.05) is 11.4 Å². The number of hydrogen-bond donors (Lipinski definition) is 2. The van der Waals surface area contributed by atoms with E-state index in [1.165, 1.54) is 12.1 Å². The second kappa shape index (κ2) is 5.31. The van der Waals surface area contributed by atoms with Gasteiger partial charge in [0.25, 0.3) is 11.6 Å². The Balaban J connectivity index is 1.79. The summed E-state index contributed by atoms with van der Waals surface area (Å²) in [7, 11) is 0. The number of nitrogens with two attached hydrogens (primary N) is 1. The fourth-order valence-electron chi connectivity index (χ4n) is 3.49. The van der Waals surface area contributed by atoms with Gasteiger partial charge in [0, 0.05) is 24.7 Å². The Morgan fingerprint density at radius 3 is 2.67 bits per heavy atom. The molecule has 0 aliphatic carbocycles. The molecule has 122 valence electrons. The van der Waals surface area contributed by atoms with E-state index < -0.39 is 4.92 Å². The van der Waals surface area contributed by atoms with Gasteiger partial charge in [0.05, 0.1) is 16.2 Å². The smallest absolute Gasteiger partial charge is 0.269 e. The molecular weight excluding hydrogens is 308 g/mol. The predicted octanol–water partition coefficient (Wildman–Crippen LogP) is 2.25. The van der Waals surface area contributed by atoms with Crippen molar-refractivity contribution in [1.29, 1.82) is 0 Å². The first-order valence-electron chi connectivity index (χ1n) is 7.76. The summed E-state index contributed by atoms with van der Waals surface area (Å²) in [6.07, 6.45) is 0.440. The number of carbonyl (C=O) groups is 1. The van der Waals surface area contributed by atoms with E-state index in [1.807, 2.05) is 12.1 Å². The van der Waals surface area contributed by atoms with Crippen LogP contribution in [0.3, 0.4) is 0 Å². The van der Waals surface area contributed by atoms with Gasteiger partial charge in [-0.05, 0) is 35.7 Å². The summed E-state index contributed by atoms with van der Waals surface area (Å²) in [6.45, 7) is 0.715. The Morgan fingerprint density at radius 2 is 1.96 bits per heavy atom. The molecule has 2 aromatic rings. The Hall–Kier alpha value is -2.93. The van der Waals surface area contributed by atoms with Gasteiger partial charge in [-0.25, -0.2) is 0 Å². The minimum absolute atomic E-state index is 0.0302. The number of nitrogens with one attached hydrogen (secondary N) is 1. The molecule has 2 atom stereocenters. The maximum absolute atomic E-state index is 12.5. The van der Waals surface area contributed by atoms with Gasteiger partial charge < -0.3 is 16.0 Å². The van der Waals surface area contributed by atoms with Crippen LogP contribution in [0.25, 0.3) is 0 Å². The highest BCUT2D eigenvalue weighted by molar-refractivity contribution is 6.03. The van der Waals surface area contributed by atoms with E-state index in [0.717, 1.165) is 23.2 Å². The third kappa shape index (κ3) is 2.13. The van der Waals surface area contributed by atoms with Crippen LogP contribution in [0.15, 0.2) is 42.5 Å². The molecule has 2 heterocycles. The lowest BCUT2D eigenvalue weighted by Gasteiger charge is -2.44. The fourth-order valence-corrected chi connectivity index (χ4v) is 3.49. The molecule has 0 aromatic heterocycles. The fraction of sp³-hybridized carbons (Fsp3) is 0.235. The molecule has 2 aromatic carbocycles. The lowest BCUT2D eigenvalue weighted by molar-refractivity contribution is -0.384. The first-order valence-corrected chi connectivity index (χ1v) is 7.76. The van der Waals surface area contributed by atoms with Crippen LogP contribution in [-0.2, 0) is 0 Å². The molecule has 3 N–H and O–H groups in total. The lowest BCUT2D eigenvalue weighted by Crippen LogP contribution is -2.49. The molecule has 0 spiro atoms. The molecule has 0 saturated heterocycles. The molecular formula is C17H16N4O3. The number of carbonyl (C=O) groups excluding carboxylic acids is 1. The van der Waals surface area contributed by atoms with Crippen LogP contribution in [0, 0.1) is 10.1 Å². The van der Waals surface area contributed by atoms with Crippen LogP contribution in [0.1, 0.15) is 40.1 Å². The van der Waals surface area contributed by atoms with Gasteiger partial charge in [0.2, 0.25) is 0 Å². The van der Waals surface area contributed by atoms with E-state index in [-0.39, 0.29) is 23.8 Å². The van der Waals surface area contributed by atoms with Gasteiger partial charge in [0.1, 0.15) is 6.17 Å². The summed E-state index contributed by atoms with van der Waals surface area (Å²) >= 11 is 0. The molecule has 2 aliphatic heterocycles. The van der Waals surface area contributed by atoms with Crippen LogP contribution in [0.2, 0.25) is 0 Å². The maximum atomic E-state index is 12.5. The highest BCUT2D eigenvalue weighted by Gasteiger charge is 2.37. The maximum Gasteiger partial charge on any atom is 0.269 e. The average molecular weight is 324 g/mol. The number of hydrogen-bond acceptors (Lipinski definition) is 5. The number of non-ortho nitro benzene ring substituents is 1. The summed E-state index contributed by atoms with van der Waals surface area (Å²) in [6, 6.07) is 11.8. The van der Waals surface area contributed by atoms with Crippen molar-refractivity contribution in [1.82, 2.24) is 5.32 Å². The van der Waals surface area contributed by atoms with Gasteiger partial charge >= 0.3 is 0 Å². The van der Waals surface area contributed by atoms with Gasteiger partial charge in [-0.15, -0.1) is 0 Å². The zero-order valence-electron chi connectivity index (χ0n) is 12.8. The van der Waals surface area contributed by atoms with Crippen LogP contribution < -0.4 is 16.0 Å². The van der Waals surface area contributed by atoms with Gasteiger partial charge in [-0.2, -0.15) is 0 Å². The normalized spacial score (nSPS) is 21.9. The van der Waals surface area contributed by atoms with Crippen LogP contribution in [-0.4, -0.2) is 17.4 Å². The Morgan fingerprint density at radius 1 is 1.21 bits per heavy atom. The number of rotatable bonds is 2. The van der Waals surface area contributed by atoms with Crippen molar-refractivity contribution in [2.24, 2.45) is 5.73 Å². The highest BCUT2D eigenvalue weighted by Crippen LogP contribution is 2.42. The molecule has 0 fully saturated rings. The first kappa shape index (κ1) is 14.6. The van der Waals surface area contributed by atoms with E-state index in [4.69, 9.17) is 5.73 Å². The Bertz CT molecular complexity index is 834. The standard InChI is InChI=1S/C17H16N4O3/c18-14-8-9-20-15-12(14)2-1-3-13(15)17(22)19-16(20)10-4-6-11(7-5-10)21(23)24/h1-7,14,16H,8-9,18H2,(H,19,22)/t14-,16-/m1/s1. The second-order valence-corrected chi connectivity index (χ2v) is 6.06. The molecule has 7 heteroatoms. The van der Waals surface area contributed by atoms with E-state index in [9.17, 15) is 14.9 Å². The molecule has 0 saturated carbocycles. The van der Waals surface area contributed by atoms with E-state index in [1.54, 1.807) is 18.2 Å². The van der Waals surface area contributed by atoms with E-state index in [2.05, 4.69) is 10.2 Å². The number of para-hydroxylation sites is 1. The van der Waals surface area contributed by atoms with Crippen molar-refractivity contribution in [3.63, 3.8) is 0 Å². The number of nitrogens with zero attached hydrogens (tertiary/aromatic N) is 2. The Labute approximate surface area is 138 Å². The predicted molar refractivity (Wildman–Crippen MR) is 88.6 cm³/mol. The molecule has 2 aliphatic rings. The molecule has 7 nitrogen and oxygen atoms in total. The van der Waals surface area contributed by atoms with Crippen LogP contribution in [0.4, 0.5) is 11.4 Å². The Kier molecular flexibility index (Phi) is 3.24. The third-order valence-corrected chi connectivity index (χ3v) is 4.68. The summed E-state index contributed by atoms with van der Waals surface area (Å²) in [5.41, 5.74) is 9.52. The number of benzene rings is 2. The van der Waals surface area contributed by atoms with Crippen LogP contribution >= 0.6 is 0 Å². The quantitative estimate of drug-likeness (QED) is 0.651. The zero-order chi connectivity index (χ0) is 16.8. The summed E-state index contributed by atoms with van der Waals surface area (Å²) in [5.74, 6) is -0.152. The summed E-state index contributed by atoms with van der Waals surface area (Å²) in [5, 5.41) is 13.8. The third-order valence-electron chi connectivity index (χ3n) is 4.68. The van der Waals surface area contributed by atoms with Crippen LogP contribution in [0.5, 0.6) is 0 Å². The minimum atomic E-state index is -0.434. The number of amides is 1. The number of anilines is 1. The largest absolute Gasteiger partial charge is 0.346 e. The molecule has 24 heavy (non-hydrogen) atoms. The van der Waals surface area contributed by atoms with Crippen molar-refractivity contribution in [2.45, 2.75) is 18.6 Å². The zero-order valence-corrected chi connectivity index (χ0v) is 12.8. The summed E-state index contributed by atoms with van der Waals surface area (Å²) < 4.78 is 0. The van der Waals surface area contributed by atoms with Gasteiger partial charge in [-0.3, -0.25) is 14.9 Å². The molecule has 1 amide bonds. The van der Waals surface area contributed by atoms with Gasteiger partial charge in [0.15, 0.2) is 0 Å². The van der Waals surface area contributed by atoms with Crippen molar-refractivity contribution in [3.8, 4) is 0 Å². The van der Waals surface area contributed by atoms with E-state index >= 15 is 0 Å². The number of nitro groups is 1. The van der Waals surface area contributed by atoms with Crippen molar-refractivity contribution < 1.29 is 9.72 Å². The van der Waals surface area contributed by atoms with Crippen molar-refractivity contribution in [3.05, 3.63) is 69.3 Å². The minimum Gasteiger partial charge on any atom is -0.346 e. The topological polar surface area (TPSA) is 102 Å². The summed E-state index contributed by atoms with van der Waals surface area (Å²) in [4.78, 5) is 25.0. The first-order chi connectivity index (χ1) is 11.6. The van der Waals surface area contributed by atoms with Gasteiger partial charge in [-0.1, -0.05) is 12.1 Å². The lowest BCUT2D eigenvalue weighted by atomic mass is 9.90. The SMILES string of the molecule is N[C@@H]1CCN2c3c(cccc31)C(=O)N[C@H]2c1ccc([N+](=O)[O-])cc1. The molecule has 0 bridgehead atoms. The molecule has 4 rings (SSSR count). The van der Waals surface area contributed by atoms with Crippen molar-refractivity contribution >= 4 is 17.3 Å². The highest BCUT2D eigenvalue weighted by atomic mass is 16.6. The van der Waals surface area contributed by atoms with E-state index in [0.29, 0.717) is 12.1 Å². The average Bonchev–Trinajstić information content (AvgIpc) is 2.60.